The highest BCUT2D eigenvalue weighted by Crippen LogP contribution is 2.36. The van der Waals surface area contributed by atoms with Crippen molar-refractivity contribution in [3.8, 4) is 0 Å². The molecular weight excluding hydrogens is 242 g/mol. The average Bonchev–Trinajstić information content (AvgIpc) is 2.37. The van der Waals surface area contributed by atoms with Crippen molar-refractivity contribution < 1.29 is 9.53 Å². The summed E-state index contributed by atoms with van der Waals surface area (Å²) in [6, 6.07) is 0.432. The quantitative estimate of drug-likeness (QED) is 0.849. The number of esters is 1. The number of hydrogen-bond acceptors (Lipinski definition) is 5. The molecule has 0 saturated heterocycles. The lowest BCUT2D eigenvalue weighted by Gasteiger charge is -2.35. The van der Waals surface area contributed by atoms with Crippen LogP contribution in [-0.2, 0) is 4.74 Å². The molecule has 0 aliphatic heterocycles. The summed E-state index contributed by atoms with van der Waals surface area (Å²) in [6.45, 7) is 4.60. The molecule has 1 atom stereocenters. The summed E-state index contributed by atoms with van der Waals surface area (Å²) in [4.78, 5) is 19.5. The van der Waals surface area contributed by atoms with E-state index in [4.69, 9.17) is 0 Å². The zero-order valence-electron chi connectivity index (χ0n) is 11.8. The summed E-state index contributed by atoms with van der Waals surface area (Å²) in [5.74, 6) is 0.258. The molecule has 0 amide bonds. The first kappa shape index (κ1) is 13.8. The number of anilines is 1. The second kappa shape index (κ2) is 5.55. The predicted molar refractivity (Wildman–Crippen MR) is 73.0 cm³/mol. The van der Waals surface area contributed by atoms with Crippen LogP contribution in [0.25, 0.3) is 0 Å². The molecule has 1 unspecified atom stereocenters. The van der Waals surface area contributed by atoms with Crippen LogP contribution in [0.5, 0.6) is 0 Å². The van der Waals surface area contributed by atoms with E-state index in [1.54, 1.807) is 6.20 Å². The maximum absolute atomic E-state index is 11.3. The van der Waals surface area contributed by atoms with Gasteiger partial charge in [0.25, 0.3) is 0 Å². The first-order valence-corrected chi connectivity index (χ1v) is 6.67. The van der Waals surface area contributed by atoms with Crippen molar-refractivity contribution in [2.24, 2.45) is 5.41 Å². The maximum atomic E-state index is 11.3. The standard InChI is InChI=1S/C14H21N3O2/c1-14(2)6-4-5-10(7-14)17-12-9-15-11(8-16-12)13(18)19-3/h8-10H,4-7H2,1-3H3,(H,16,17). The van der Waals surface area contributed by atoms with E-state index in [2.05, 4.69) is 33.9 Å². The maximum Gasteiger partial charge on any atom is 0.358 e. The molecular formula is C14H21N3O2. The third kappa shape index (κ3) is 3.66. The van der Waals surface area contributed by atoms with Crippen molar-refractivity contribution in [3.05, 3.63) is 18.1 Å². The first-order chi connectivity index (χ1) is 9.00. The number of aromatic nitrogens is 2. The van der Waals surface area contributed by atoms with E-state index >= 15 is 0 Å². The van der Waals surface area contributed by atoms with E-state index in [-0.39, 0.29) is 5.69 Å². The van der Waals surface area contributed by atoms with E-state index in [9.17, 15) is 4.79 Å². The Morgan fingerprint density at radius 3 is 2.79 bits per heavy atom. The van der Waals surface area contributed by atoms with E-state index in [1.165, 1.54) is 26.1 Å². The average molecular weight is 263 g/mol. The first-order valence-electron chi connectivity index (χ1n) is 6.67. The Kier molecular flexibility index (Phi) is 4.02. The number of carbonyl (C=O) groups excluding carboxylic acids is 1. The number of rotatable bonds is 3. The van der Waals surface area contributed by atoms with Crippen molar-refractivity contribution >= 4 is 11.8 Å². The molecule has 1 aromatic heterocycles. The van der Waals surface area contributed by atoms with Crippen LogP contribution in [0.15, 0.2) is 12.4 Å². The second-order valence-corrected chi connectivity index (χ2v) is 5.88. The van der Waals surface area contributed by atoms with Gasteiger partial charge in [-0.05, 0) is 24.7 Å². The molecule has 2 rings (SSSR count). The van der Waals surface area contributed by atoms with E-state index in [1.807, 2.05) is 0 Å². The highest BCUT2D eigenvalue weighted by atomic mass is 16.5. The molecule has 0 spiro atoms. The summed E-state index contributed by atoms with van der Waals surface area (Å²) >= 11 is 0. The van der Waals surface area contributed by atoms with E-state index < -0.39 is 5.97 Å². The number of methoxy groups -OCH3 is 1. The number of nitrogens with one attached hydrogen (secondary N) is 1. The lowest BCUT2D eigenvalue weighted by Crippen LogP contribution is -2.32. The Morgan fingerprint density at radius 1 is 1.42 bits per heavy atom. The van der Waals surface area contributed by atoms with Crippen LogP contribution in [0, 0.1) is 5.41 Å². The van der Waals surface area contributed by atoms with Crippen molar-refractivity contribution in [3.63, 3.8) is 0 Å². The minimum absolute atomic E-state index is 0.233. The van der Waals surface area contributed by atoms with Crippen molar-refractivity contribution in [1.82, 2.24) is 9.97 Å². The molecule has 1 aromatic rings. The van der Waals surface area contributed by atoms with E-state index in [0.29, 0.717) is 11.5 Å². The highest BCUT2D eigenvalue weighted by molar-refractivity contribution is 5.86. The minimum Gasteiger partial charge on any atom is -0.464 e. The van der Waals surface area contributed by atoms with Gasteiger partial charge in [0, 0.05) is 6.04 Å². The van der Waals surface area contributed by atoms with Crippen molar-refractivity contribution in [2.75, 3.05) is 12.4 Å². The second-order valence-electron chi connectivity index (χ2n) is 5.88. The molecule has 19 heavy (non-hydrogen) atoms. The molecule has 1 N–H and O–H groups in total. The molecule has 1 saturated carbocycles. The Balaban J connectivity index is 1.98. The molecule has 1 heterocycles. The SMILES string of the molecule is COC(=O)c1cnc(NC2CCCC(C)(C)C2)cn1. The van der Waals surface area contributed by atoms with Crippen LogP contribution in [0.1, 0.15) is 50.0 Å². The molecule has 1 aliphatic carbocycles. The van der Waals surface area contributed by atoms with Gasteiger partial charge in [0.15, 0.2) is 5.69 Å². The molecule has 1 aliphatic rings. The molecule has 0 bridgehead atoms. The molecule has 0 aromatic carbocycles. The van der Waals surface area contributed by atoms with Gasteiger partial charge < -0.3 is 10.1 Å². The summed E-state index contributed by atoms with van der Waals surface area (Å²) in [5.41, 5.74) is 0.618. The van der Waals surface area contributed by atoms with Crippen LogP contribution >= 0.6 is 0 Å². The normalized spacial score (nSPS) is 21.7. The van der Waals surface area contributed by atoms with Crippen LogP contribution < -0.4 is 5.32 Å². The lowest BCUT2D eigenvalue weighted by atomic mass is 9.75. The highest BCUT2D eigenvalue weighted by Gasteiger charge is 2.28. The van der Waals surface area contributed by atoms with Crippen molar-refractivity contribution in [1.29, 1.82) is 0 Å². The Hall–Kier alpha value is -1.65. The van der Waals surface area contributed by atoms with Gasteiger partial charge in [-0.3, -0.25) is 0 Å². The number of ether oxygens (including phenoxy) is 1. The molecule has 0 radical (unpaired) electrons. The molecule has 5 heteroatoms. The van der Waals surface area contributed by atoms with Gasteiger partial charge in [-0.25, -0.2) is 14.8 Å². The van der Waals surface area contributed by atoms with Crippen LogP contribution in [0.4, 0.5) is 5.82 Å². The number of carbonyl (C=O) groups is 1. The fourth-order valence-electron chi connectivity index (χ4n) is 2.64. The number of nitrogens with zero attached hydrogens (tertiary/aromatic N) is 2. The van der Waals surface area contributed by atoms with Crippen LogP contribution in [0.2, 0.25) is 0 Å². The minimum atomic E-state index is -0.460. The van der Waals surface area contributed by atoms with Crippen LogP contribution in [0.3, 0.4) is 0 Å². The monoisotopic (exact) mass is 263 g/mol. The van der Waals surface area contributed by atoms with Gasteiger partial charge in [0.05, 0.1) is 19.5 Å². The molecule has 104 valence electrons. The third-order valence-corrected chi connectivity index (χ3v) is 3.60. The molecule has 1 fully saturated rings. The fourth-order valence-corrected chi connectivity index (χ4v) is 2.64. The van der Waals surface area contributed by atoms with Gasteiger partial charge in [0.1, 0.15) is 5.82 Å². The van der Waals surface area contributed by atoms with Crippen LogP contribution in [-0.4, -0.2) is 29.1 Å². The van der Waals surface area contributed by atoms with E-state index in [0.717, 1.165) is 18.7 Å². The Labute approximate surface area is 113 Å². The van der Waals surface area contributed by atoms with Gasteiger partial charge in [-0.2, -0.15) is 0 Å². The summed E-state index contributed by atoms with van der Waals surface area (Å²) in [6.07, 6.45) is 7.84. The summed E-state index contributed by atoms with van der Waals surface area (Å²) in [7, 11) is 1.33. The zero-order chi connectivity index (χ0) is 13.9. The third-order valence-electron chi connectivity index (χ3n) is 3.60. The topological polar surface area (TPSA) is 64.1 Å². The Morgan fingerprint density at radius 2 is 2.21 bits per heavy atom. The summed E-state index contributed by atoms with van der Waals surface area (Å²) in [5, 5.41) is 3.39. The molecule has 5 nitrogen and oxygen atoms in total. The van der Waals surface area contributed by atoms with Gasteiger partial charge >= 0.3 is 5.97 Å². The van der Waals surface area contributed by atoms with Crippen molar-refractivity contribution in [2.45, 2.75) is 45.6 Å². The van der Waals surface area contributed by atoms with Gasteiger partial charge in [0.2, 0.25) is 0 Å². The predicted octanol–water partition coefficient (Wildman–Crippen LogP) is 2.64. The lowest BCUT2D eigenvalue weighted by molar-refractivity contribution is 0.0593. The smallest absolute Gasteiger partial charge is 0.358 e. The fraction of sp³-hybridized carbons (Fsp3) is 0.643. The van der Waals surface area contributed by atoms with Gasteiger partial charge in [-0.15, -0.1) is 0 Å². The summed E-state index contributed by atoms with van der Waals surface area (Å²) < 4.78 is 4.59. The van der Waals surface area contributed by atoms with Gasteiger partial charge in [-0.1, -0.05) is 20.3 Å². The largest absolute Gasteiger partial charge is 0.464 e. The zero-order valence-corrected chi connectivity index (χ0v) is 11.8. The number of hydrogen-bond donors (Lipinski definition) is 1. The Bertz CT molecular complexity index is 443.